The molecule has 1 amide bonds. The third-order valence-corrected chi connectivity index (χ3v) is 6.10. The zero-order chi connectivity index (χ0) is 18.7. The summed E-state index contributed by atoms with van der Waals surface area (Å²) >= 11 is 1.39. The number of aromatic nitrogens is 2. The molecule has 2 aromatic heterocycles. The van der Waals surface area contributed by atoms with E-state index in [0.717, 1.165) is 5.56 Å². The number of nitrogens with zero attached hydrogens (tertiary/aromatic N) is 2. The second-order valence-corrected chi connectivity index (χ2v) is 8.25. The van der Waals surface area contributed by atoms with Crippen molar-refractivity contribution in [3.8, 4) is 10.6 Å². The highest BCUT2D eigenvalue weighted by molar-refractivity contribution is 7.85. The van der Waals surface area contributed by atoms with E-state index in [9.17, 15) is 13.4 Å². The first-order chi connectivity index (χ1) is 12.4. The van der Waals surface area contributed by atoms with Crippen molar-refractivity contribution in [2.24, 2.45) is 0 Å². The molecule has 136 valence electrons. The van der Waals surface area contributed by atoms with Crippen molar-refractivity contribution in [3.05, 3.63) is 53.0 Å². The molecule has 2 heterocycles. The summed E-state index contributed by atoms with van der Waals surface area (Å²) in [6.07, 6.45) is 0. The van der Waals surface area contributed by atoms with E-state index >= 15 is 0 Å². The smallest absolute Gasteiger partial charge is 0.241 e. The number of anilines is 1. The van der Waals surface area contributed by atoms with Gasteiger partial charge in [-0.15, -0.1) is 11.3 Å². The second kappa shape index (κ2) is 7.88. The Bertz CT molecular complexity index is 937. The number of amides is 1. The maximum atomic E-state index is 13.0. The van der Waals surface area contributed by atoms with Gasteiger partial charge in [-0.3, -0.25) is 9.00 Å². The fraction of sp³-hybridized carbons (Fsp3) is 0.235. The molecule has 0 saturated heterocycles. The van der Waals surface area contributed by atoms with Crippen LogP contribution in [-0.2, 0) is 21.3 Å². The lowest BCUT2D eigenvalue weighted by Gasteiger charge is -2.09. The average Bonchev–Trinajstić information content (AvgIpc) is 3.24. The number of thiazole rings is 1. The minimum Gasteiger partial charge on any atom is -0.360 e. The molecule has 0 aliphatic rings. The average molecular weight is 393 g/mol. The van der Waals surface area contributed by atoms with Crippen LogP contribution in [-0.4, -0.2) is 25.5 Å². The maximum absolute atomic E-state index is 13.0. The van der Waals surface area contributed by atoms with Crippen LogP contribution in [0.5, 0.6) is 0 Å². The zero-order valence-electron chi connectivity index (χ0n) is 14.1. The molecule has 9 heteroatoms. The zero-order valence-corrected chi connectivity index (χ0v) is 15.7. The van der Waals surface area contributed by atoms with Gasteiger partial charge < -0.3 is 9.84 Å². The van der Waals surface area contributed by atoms with E-state index in [0.29, 0.717) is 22.3 Å². The number of rotatable bonds is 6. The van der Waals surface area contributed by atoms with Gasteiger partial charge >= 0.3 is 0 Å². The Morgan fingerprint density at radius 3 is 2.77 bits per heavy atom. The molecule has 0 unspecified atom stereocenters. The van der Waals surface area contributed by atoms with E-state index < -0.39 is 22.0 Å². The van der Waals surface area contributed by atoms with E-state index in [1.165, 1.54) is 23.5 Å². The number of aryl methyl sites for hydroxylation is 1. The lowest BCUT2D eigenvalue weighted by atomic mass is 10.2. The van der Waals surface area contributed by atoms with E-state index in [2.05, 4.69) is 15.5 Å². The molecule has 0 bridgehead atoms. The monoisotopic (exact) mass is 393 g/mol. The molecule has 1 N–H and O–H groups in total. The predicted octanol–water partition coefficient (Wildman–Crippen LogP) is 3.52. The van der Waals surface area contributed by atoms with Crippen LogP contribution in [0.15, 0.2) is 40.2 Å². The largest absolute Gasteiger partial charge is 0.360 e. The number of hydrogen-bond donors (Lipinski definition) is 1. The lowest BCUT2D eigenvalue weighted by Crippen LogP contribution is -2.29. The van der Waals surface area contributed by atoms with Crippen molar-refractivity contribution in [1.82, 2.24) is 10.1 Å². The Kier molecular flexibility index (Phi) is 5.58. The Morgan fingerprint density at radius 2 is 2.12 bits per heavy atom. The Balaban J connectivity index is 1.62. The Labute approximate surface area is 155 Å². The highest BCUT2D eigenvalue weighted by Crippen LogP contribution is 2.24. The summed E-state index contributed by atoms with van der Waals surface area (Å²) in [5, 5.41) is 8.03. The van der Waals surface area contributed by atoms with Gasteiger partial charge in [0.25, 0.3) is 0 Å². The summed E-state index contributed by atoms with van der Waals surface area (Å²) in [6.45, 7) is 3.30. The van der Waals surface area contributed by atoms with Crippen LogP contribution < -0.4 is 5.32 Å². The van der Waals surface area contributed by atoms with Gasteiger partial charge in [-0.05, 0) is 38.1 Å². The fourth-order valence-electron chi connectivity index (χ4n) is 2.14. The van der Waals surface area contributed by atoms with Crippen LogP contribution in [0.1, 0.15) is 18.4 Å². The summed E-state index contributed by atoms with van der Waals surface area (Å²) in [4.78, 5) is 16.6. The van der Waals surface area contributed by atoms with Gasteiger partial charge in [0.2, 0.25) is 5.91 Å². The molecule has 26 heavy (non-hydrogen) atoms. The molecule has 2 atom stereocenters. The quantitative estimate of drug-likeness (QED) is 0.693. The van der Waals surface area contributed by atoms with E-state index in [4.69, 9.17) is 4.52 Å². The molecule has 3 rings (SSSR count). The lowest BCUT2D eigenvalue weighted by molar-refractivity contribution is -0.115. The standard InChI is InChI=1S/C17H16FN3O3S2/c1-10-7-15(21-24-10)20-16(22)11(2)26(23)9-14-8-25-17(19-14)12-3-5-13(18)6-4-12/h3-8,11H,9H2,1-2H3,(H,20,21,22)/t11-,26-/m1/s1. The van der Waals surface area contributed by atoms with Crippen LogP contribution in [0.2, 0.25) is 0 Å². The number of benzene rings is 1. The van der Waals surface area contributed by atoms with Gasteiger partial charge in [-0.25, -0.2) is 9.37 Å². The number of nitrogens with one attached hydrogen (secondary N) is 1. The molecule has 0 saturated carbocycles. The summed E-state index contributed by atoms with van der Waals surface area (Å²) < 4.78 is 30.3. The number of carbonyl (C=O) groups is 1. The van der Waals surface area contributed by atoms with Crippen molar-refractivity contribution in [2.75, 3.05) is 5.32 Å². The summed E-state index contributed by atoms with van der Waals surface area (Å²) in [6, 6.07) is 7.61. The van der Waals surface area contributed by atoms with Crippen molar-refractivity contribution in [1.29, 1.82) is 0 Å². The number of hydrogen-bond acceptors (Lipinski definition) is 6. The first-order valence-corrected chi connectivity index (χ1v) is 10.0. The maximum Gasteiger partial charge on any atom is 0.241 e. The Hall–Kier alpha value is -2.39. The van der Waals surface area contributed by atoms with Gasteiger partial charge in [-0.1, -0.05) is 5.16 Å². The first kappa shape index (κ1) is 18.4. The van der Waals surface area contributed by atoms with Crippen LogP contribution in [0, 0.1) is 12.7 Å². The molecule has 1 aromatic carbocycles. The second-order valence-electron chi connectivity index (χ2n) is 5.63. The van der Waals surface area contributed by atoms with Gasteiger partial charge in [-0.2, -0.15) is 0 Å². The summed E-state index contributed by atoms with van der Waals surface area (Å²) in [5.41, 5.74) is 1.42. The minimum absolute atomic E-state index is 0.157. The highest BCUT2D eigenvalue weighted by atomic mass is 32.2. The molecular weight excluding hydrogens is 377 g/mol. The first-order valence-electron chi connectivity index (χ1n) is 7.74. The molecule has 0 aliphatic heterocycles. The van der Waals surface area contributed by atoms with Crippen molar-refractivity contribution in [2.45, 2.75) is 24.9 Å². The Morgan fingerprint density at radius 1 is 1.38 bits per heavy atom. The van der Waals surface area contributed by atoms with Crippen LogP contribution in [0.3, 0.4) is 0 Å². The van der Waals surface area contributed by atoms with Crippen LogP contribution >= 0.6 is 11.3 Å². The fourth-order valence-corrected chi connectivity index (χ4v) is 4.06. The highest BCUT2D eigenvalue weighted by Gasteiger charge is 2.22. The van der Waals surface area contributed by atoms with E-state index in [1.807, 2.05) is 0 Å². The van der Waals surface area contributed by atoms with Crippen molar-refractivity contribution < 1.29 is 17.9 Å². The third-order valence-electron chi connectivity index (χ3n) is 3.58. The molecular formula is C17H16FN3O3S2. The minimum atomic E-state index is -1.45. The summed E-state index contributed by atoms with van der Waals surface area (Å²) in [7, 11) is -1.45. The number of carbonyl (C=O) groups excluding carboxylic acids is 1. The normalized spacial score (nSPS) is 13.3. The van der Waals surface area contributed by atoms with Gasteiger partial charge in [0, 0.05) is 27.8 Å². The summed E-state index contributed by atoms with van der Waals surface area (Å²) in [5.74, 6) is 0.317. The van der Waals surface area contributed by atoms with E-state index in [1.54, 1.807) is 37.4 Å². The van der Waals surface area contributed by atoms with Crippen molar-refractivity contribution >= 4 is 33.9 Å². The van der Waals surface area contributed by atoms with Gasteiger partial charge in [0.1, 0.15) is 21.8 Å². The predicted molar refractivity (Wildman–Crippen MR) is 98.7 cm³/mol. The van der Waals surface area contributed by atoms with Crippen LogP contribution in [0.4, 0.5) is 10.2 Å². The molecule has 0 spiro atoms. The third kappa shape index (κ3) is 4.41. The van der Waals surface area contributed by atoms with Crippen LogP contribution in [0.25, 0.3) is 10.6 Å². The van der Waals surface area contributed by atoms with Gasteiger partial charge in [0.15, 0.2) is 5.82 Å². The van der Waals surface area contributed by atoms with E-state index in [-0.39, 0.29) is 11.6 Å². The van der Waals surface area contributed by atoms with Gasteiger partial charge in [0.05, 0.1) is 11.4 Å². The van der Waals surface area contributed by atoms with Crippen molar-refractivity contribution in [3.63, 3.8) is 0 Å². The SMILES string of the molecule is Cc1cc(NC(=O)[C@@H](C)[S@](=O)Cc2csc(-c3ccc(F)cc3)n2)no1. The molecule has 0 radical (unpaired) electrons. The molecule has 0 aliphatic carbocycles. The topological polar surface area (TPSA) is 85.1 Å². The number of halogens is 1. The molecule has 6 nitrogen and oxygen atoms in total. The molecule has 3 aromatic rings. The molecule has 0 fully saturated rings.